The van der Waals surface area contributed by atoms with Crippen LogP contribution in [-0.2, 0) is 0 Å². The van der Waals surface area contributed by atoms with Crippen LogP contribution in [0.1, 0.15) is 0 Å². The van der Waals surface area contributed by atoms with Gasteiger partial charge in [-0.3, -0.25) is 9.67 Å². The Labute approximate surface area is 166 Å². The van der Waals surface area contributed by atoms with Gasteiger partial charge in [-0.2, -0.15) is 5.10 Å². The number of H-pyrrole nitrogens is 1. The van der Waals surface area contributed by atoms with Crippen molar-refractivity contribution in [2.24, 2.45) is 0 Å². The van der Waals surface area contributed by atoms with E-state index in [0.717, 1.165) is 11.3 Å². The van der Waals surface area contributed by atoms with Crippen LogP contribution < -0.4 is 23.7 Å². The van der Waals surface area contributed by atoms with Gasteiger partial charge in [0.1, 0.15) is 13.2 Å². The molecule has 0 spiro atoms. The van der Waals surface area contributed by atoms with Gasteiger partial charge in [-0.15, -0.1) is 0 Å². The third-order valence-corrected chi connectivity index (χ3v) is 4.65. The Morgan fingerprint density at radius 2 is 1.64 bits per heavy atom. The number of rotatable bonds is 5. The van der Waals surface area contributed by atoms with Crippen molar-refractivity contribution in [1.82, 2.24) is 14.8 Å². The van der Waals surface area contributed by atoms with Crippen molar-refractivity contribution in [3.63, 3.8) is 0 Å². The van der Waals surface area contributed by atoms with Crippen LogP contribution in [0.15, 0.2) is 30.3 Å². The number of methoxy groups -OCH3 is 3. The molecule has 0 atom stereocenters. The maximum absolute atomic E-state index is 5.69. The number of aromatic amines is 1. The largest absolute Gasteiger partial charge is 0.493 e. The molecule has 0 amide bonds. The van der Waals surface area contributed by atoms with E-state index in [1.54, 1.807) is 21.3 Å². The smallest absolute Gasteiger partial charge is 0.203 e. The van der Waals surface area contributed by atoms with Crippen LogP contribution in [0.3, 0.4) is 0 Å². The van der Waals surface area contributed by atoms with E-state index >= 15 is 0 Å². The van der Waals surface area contributed by atoms with Gasteiger partial charge < -0.3 is 23.7 Å². The van der Waals surface area contributed by atoms with Crippen LogP contribution in [0, 0.1) is 4.77 Å². The van der Waals surface area contributed by atoms with Crippen molar-refractivity contribution < 1.29 is 23.7 Å². The summed E-state index contributed by atoms with van der Waals surface area (Å²) in [6.45, 7) is 1.04. The highest BCUT2D eigenvalue weighted by Gasteiger charge is 2.20. The lowest BCUT2D eigenvalue weighted by Gasteiger charge is -2.19. The number of aromatic nitrogens is 3. The van der Waals surface area contributed by atoms with E-state index in [9.17, 15) is 0 Å². The topological polar surface area (TPSA) is 79.8 Å². The number of nitrogens with zero attached hydrogens (tertiary/aromatic N) is 2. The van der Waals surface area contributed by atoms with Crippen molar-refractivity contribution >= 4 is 12.2 Å². The Bertz CT molecular complexity index is 1050. The molecule has 28 heavy (non-hydrogen) atoms. The van der Waals surface area contributed by atoms with Crippen LogP contribution in [0.5, 0.6) is 28.7 Å². The van der Waals surface area contributed by atoms with Gasteiger partial charge >= 0.3 is 0 Å². The van der Waals surface area contributed by atoms with Crippen LogP contribution in [0.4, 0.5) is 0 Å². The number of nitrogens with one attached hydrogen (secondary N) is 1. The zero-order valence-corrected chi connectivity index (χ0v) is 16.5. The first-order valence-electron chi connectivity index (χ1n) is 8.54. The minimum Gasteiger partial charge on any atom is -0.493 e. The van der Waals surface area contributed by atoms with Gasteiger partial charge in [0.2, 0.25) is 5.75 Å². The number of hydrogen-bond donors (Lipinski definition) is 1. The fourth-order valence-corrected chi connectivity index (χ4v) is 3.35. The van der Waals surface area contributed by atoms with Crippen LogP contribution >= 0.6 is 12.2 Å². The standard InChI is InChI=1S/C19H19N3O5S/c1-23-15-8-11(9-16(24-2)17(15)25-3)18-20-21-19(28)22(18)12-4-5-13-14(10-12)27-7-6-26-13/h4-5,8-10H,6-7H2,1-3H3,(H,21,28). The molecule has 1 aromatic heterocycles. The number of fused-ring (bicyclic) bond motifs is 1. The Balaban J connectivity index is 1.87. The highest BCUT2D eigenvalue weighted by atomic mass is 32.1. The fourth-order valence-electron chi connectivity index (χ4n) is 3.11. The monoisotopic (exact) mass is 401 g/mol. The molecule has 8 nitrogen and oxygen atoms in total. The van der Waals surface area contributed by atoms with E-state index < -0.39 is 0 Å². The summed E-state index contributed by atoms with van der Waals surface area (Å²) in [6, 6.07) is 9.28. The lowest BCUT2D eigenvalue weighted by molar-refractivity contribution is 0.171. The molecule has 0 unspecified atom stereocenters. The first kappa shape index (κ1) is 18.2. The predicted molar refractivity (Wildman–Crippen MR) is 105 cm³/mol. The first-order chi connectivity index (χ1) is 13.7. The maximum atomic E-state index is 5.69. The Kier molecular flexibility index (Phi) is 4.82. The molecule has 0 bridgehead atoms. The highest BCUT2D eigenvalue weighted by Crippen LogP contribution is 2.41. The molecular weight excluding hydrogens is 382 g/mol. The van der Waals surface area contributed by atoms with Gasteiger partial charge in [0.25, 0.3) is 0 Å². The molecule has 1 aliphatic rings. The lowest BCUT2D eigenvalue weighted by atomic mass is 10.1. The maximum Gasteiger partial charge on any atom is 0.203 e. The second kappa shape index (κ2) is 7.43. The second-order valence-corrected chi connectivity index (χ2v) is 6.32. The van der Waals surface area contributed by atoms with E-state index in [4.69, 9.17) is 35.9 Å². The third kappa shape index (κ3) is 3.03. The summed E-state index contributed by atoms with van der Waals surface area (Å²) < 4.78 is 29.8. The van der Waals surface area contributed by atoms with Crippen molar-refractivity contribution in [1.29, 1.82) is 0 Å². The molecule has 0 aliphatic carbocycles. The van der Waals surface area contributed by atoms with Crippen LogP contribution in [0.25, 0.3) is 17.1 Å². The van der Waals surface area contributed by atoms with Crippen molar-refractivity contribution in [3.8, 4) is 45.8 Å². The average molecular weight is 401 g/mol. The minimum absolute atomic E-state index is 0.445. The molecule has 146 valence electrons. The average Bonchev–Trinajstić information content (AvgIpc) is 3.13. The van der Waals surface area contributed by atoms with Gasteiger partial charge in [0.15, 0.2) is 33.6 Å². The SMILES string of the molecule is COc1cc(-c2n[nH]c(=S)n2-c2ccc3c(c2)OCCO3)cc(OC)c1OC. The molecule has 0 saturated carbocycles. The van der Waals surface area contributed by atoms with E-state index in [1.165, 1.54) is 0 Å². The van der Waals surface area contributed by atoms with Gasteiger partial charge in [-0.05, 0) is 36.5 Å². The third-order valence-electron chi connectivity index (χ3n) is 4.38. The van der Waals surface area contributed by atoms with Gasteiger partial charge in [0.05, 0.1) is 27.0 Å². The number of hydrogen-bond acceptors (Lipinski definition) is 7. The summed E-state index contributed by atoms with van der Waals surface area (Å²) >= 11 is 5.47. The van der Waals surface area contributed by atoms with Crippen molar-refractivity contribution in [2.75, 3.05) is 34.5 Å². The summed E-state index contributed by atoms with van der Waals surface area (Å²) in [6.07, 6.45) is 0. The molecule has 9 heteroatoms. The Hall–Kier alpha value is -3.20. The quantitative estimate of drug-likeness (QED) is 0.657. The highest BCUT2D eigenvalue weighted by molar-refractivity contribution is 7.71. The molecule has 0 radical (unpaired) electrons. The van der Waals surface area contributed by atoms with Gasteiger partial charge in [-0.25, -0.2) is 0 Å². The zero-order valence-electron chi connectivity index (χ0n) is 15.6. The van der Waals surface area contributed by atoms with Crippen LogP contribution in [-0.4, -0.2) is 49.3 Å². The number of ether oxygens (including phenoxy) is 5. The summed E-state index contributed by atoms with van der Waals surface area (Å²) in [7, 11) is 4.70. The summed E-state index contributed by atoms with van der Waals surface area (Å²) in [4.78, 5) is 0. The molecule has 2 heterocycles. The first-order valence-corrected chi connectivity index (χ1v) is 8.95. The van der Waals surface area contributed by atoms with Crippen molar-refractivity contribution in [3.05, 3.63) is 35.1 Å². The number of benzene rings is 2. The van der Waals surface area contributed by atoms with Crippen molar-refractivity contribution in [2.45, 2.75) is 0 Å². The van der Waals surface area contributed by atoms with E-state index in [0.29, 0.717) is 52.6 Å². The molecule has 2 aromatic carbocycles. The van der Waals surface area contributed by atoms with E-state index in [1.807, 2.05) is 34.9 Å². The van der Waals surface area contributed by atoms with E-state index in [2.05, 4.69) is 10.2 Å². The minimum atomic E-state index is 0.445. The van der Waals surface area contributed by atoms with E-state index in [-0.39, 0.29) is 0 Å². The molecule has 0 fully saturated rings. The fraction of sp³-hybridized carbons (Fsp3) is 0.263. The lowest BCUT2D eigenvalue weighted by Crippen LogP contribution is -2.15. The molecule has 1 aliphatic heterocycles. The van der Waals surface area contributed by atoms with Crippen LogP contribution in [0.2, 0.25) is 0 Å². The molecule has 0 saturated heterocycles. The zero-order chi connectivity index (χ0) is 19.7. The molecule has 1 N–H and O–H groups in total. The predicted octanol–water partition coefficient (Wildman–Crippen LogP) is 3.39. The van der Waals surface area contributed by atoms with Gasteiger partial charge in [-0.1, -0.05) is 0 Å². The molecular formula is C19H19N3O5S. The summed E-state index contributed by atoms with van der Waals surface area (Å²) in [5, 5.41) is 7.25. The van der Waals surface area contributed by atoms with Gasteiger partial charge in [0, 0.05) is 11.6 Å². The second-order valence-electron chi connectivity index (χ2n) is 5.93. The normalized spacial score (nSPS) is 12.5. The Morgan fingerprint density at radius 3 is 2.29 bits per heavy atom. The Morgan fingerprint density at radius 1 is 0.964 bits per heavy atom. The summed E-state index contributed by atoms with van der Waals surface area (Å²) in [5.41, 5.74) is 1.54. The molecule has 3 aromatic rings. The molecule has 4 rings (SSSR count). The summed E-state index contributed by atoms with van der Waals surface area (Å²) in [5.74, 6) is 3.54.